The first kappa shape index (κ1) is 17.1. The summed E-state index contributed by atoms with van der Waals surface area (Å²) in [5.41, 5.74) is 10.4. The van der Waals surface area contributed by atoms with E-state index in [9.17, 15) is 4.79 Å². The van der Waals surface area contributed by atoms with Gasteiger partial charge in [-0.3, -0.25) is 4.79 Å². The second-order valence-electron chi connectivity index (χ2n) is 5.78. The Kier molecular flexibility index (Phi) is 5.45. The van der Waals surface area contributed by atoms with Gasteiger partial charge in [-0.15, -0.1) is 0 Å². The van der Waals surface area contributed by atoms with Crippen molar-refractivity contribution in [1.29, 1.82) is 0 Å². The molecule has 0 spiro atoms. The number of anilines is 2. The van der Waals surface area contributed by atoms with Crippen molar-refractivity contribution in [2.75, 3.05) is 24.2 Å². The molecule has 1 aromatic carbocycles. The summed E-state index contributed by atoms with van der Waals surface area (Å²) in [5, 5.41) is 3.33. The molecule has 0 aliphatic carbocycles. The van der Waals surface area contributed by atoms with Crippen molar-refractivity contribution >= 4 is 11.4 Å². The third-order valence-electron chi connectivity index (χ3n) is 3.78. The van der Waals surface area contributed by atoms with Crippen molar-refractivity contribution in [2.45, 2.75) is 26.9 Å². The van der Waals surface area contributed by atoms with E-state index in [0.29, 0.717) is 18.8 Å². The van der Waals surface area contributed by atoms with Crippen LogP contribution in [0.5, 0.6) is 0 Å². The largest absolute Gasteiger partial charge is 0.397 e. The lowest BCUT2D eigenvalue weighted by Gasteiger charge is -2.16. The predicted molar refractivity (Wildman–Crippen MR) is 95.8 cm³/mol. The summed E-state index contributed by atoms with van der Waals surface area (Å²) in [7, 11) is 1.76. The highest BCUT2D eigenvalue weighted by Gasteiger charge is 2.08. The minimum atomic E-state index is 0.0214. The van der Waals surface area contributed by atoms with Crippen LogP contribution in [-0.2, 0) is 11.8 Å². The van der Waals surface area contributed by atoms with E-state index in [2.05, 4.69) is 5.32 Å². The average Bonchev–Trinajstić information content (AvgIpc) is 2.51. The normalized spacial score (nSPS) is 12.2. The molecule has 0 aliphatic rings. The Balaban J connectivity index is 2.28. The van der Waals surface area contributed by atoms with Gasteiger partial charge in [0, 0.05) is 32.0 Å². The maximum atomic E-state index is 11.8. The fourth-order valence-electron chi connectivity index (χ4n) is 2.52. The van der Waals surface area contributed by atoms with E-state index in [1.807, 2.05) is 51.2 Å². The lowest BCUT2D eigenvalue weighted by molar-refractivity contribution is 0.0855. The molecule has 124 valence electrons. The standard InChI is InChI=1S/C18H25N3O2/c1-5-23-13(3)10-20-17-9-14(6-7-16(17)19)15-8-12(2)18(22)21(4)11-15/h6-9,11,13,20H,5,10,19H2,1-4H3. The number of aryl methyl sites for hydroxylation is 2. The van der Waals surface area contributed by atoms with Gasteiger partial charge in [0.05, 0.1) is 17.5 Å². The zero-order valence-electron chi connectivity index (χ0n) is 14.2. The van der Waals surface area contributed by atoms with Crippen LogP contribution in [0.3, 0.4) is 0 Å². The molecule has 5 heteroatoms. The number of aromatic nitrogens is 1. The Bertz CT molecular complexity index is 711. The number of benzene rings is 1. The lowest BCUT2D eigenvalue weighted by atomic mass is 10.0. The molecule has 1 unspecified atom stereocenters. The molecule has 1 aromatic heterocycles. The summed E-state index contributed by atoms with van der Waals surface area (Å²) in [6.07, 6.45) is 1.95. The van der Waals surface area contributed by atoms with Crippen LogP contribution in [0.15, 0.2) is 35.3 Å². The molecule has 0 saturated carbocycles. The highest BCUT2D eigenvalue weighted by molar-refractivity contribution is 5.76. The highest BCUT2D eigenvalue weighted by atomic mass is 16.5. The first-order chi connectivity index (χ1) is 10.9. The molecule has 0 aliphatic heterocycles. The number of nitrogens with two attached hydrogens (primary N) is 1. The van der Waals surface area contributed by atoms with Gasteiger partial charge in [0.25, 0.3) is 5.56 Å². The maximum absolute atomic E-state index is 11.8. The molecule has 0 bridgehead atoms. The van der Waals surface area contributed by atoms with Crippen LogP contribution in [0, 0.1) is 6.92 Å². The monoisotopic (exact) mass is 315 g/mol. The van der Waals surface area contributed by atoms with Crippen molar-refractivity contribution in [1.82, 2.24) is 4.57 Å². The zero-order valence-corrected chi connectivity index (χ0v) is 14.2. The summed E-state index contributed by atoms with van der Waals surface area (Å²) in [4.78, 5) is 11.8. The van der Waals surface area contributed by atoms with Gasteiger partial charge in [0.2, 0.25) is 0 Å². The van der Waals surface area contributed by atoms with Crippen LogP contribution in [0.4, 0.5) is 11.4 Å². The molecule has 2 aromatic rings. The number of hydrogen-bond donors (Lipinski definition) is 2. The topological polar surface area (TPSA) is 69.3 Å². The number of pyridine rings is 1. The molecule has 2 rings (SSSR count). The fourth-order valence-corrected chi connectivity index (χ4v) is 2.52. The second-order valence-corrected chi connectivity index (χ2v) is 5.78. The van der Waals surface area contributed by atoms with E-state index < -0.39 is 0 Å². The Labute approximate surface area is 137 Å². The molecule has 3 N–H and O–H groups in total. The molecule has 1 heterocycles. The quantitative estimate of drug-likeness (QED) is 0.804. The maximum Gasteiger partial charge on any atom is 0.253 e. The van der Waals surface area contributed by atoms with Crippen LogP contribution >= 0.6 is 0 Å². The van der Waals surface area contributed by atoms with E-state index in [4.69, 9.17) is 10.5 Å². The molecule has 5 nitrogen and oxygen atoms in total. The number of hydrogen-bond acceptors (Lipinski definition) is 4. The summed E-state index contributed by atoms with van der Waals surface area (Å²) >= 11 is 0. The van der Waals surface area contributed by atoms with E-state index in [-0.39, 0.29) is 11.7 Å². The van der Waals surface area contributed by atoms with E-state index in [0.717, 1.165) is 22.4 Å². The molecular formula is C18H25N3O2. The van der Waals surface area contributed by atoms with E-state index in [1.54, 1.807) is 11.6 Å². The summed E-state index contributed by atoms with van der Waals surface area (Å²) in [6, 6.07) is 7.75. The van der Waals surface area contributed by atoms with Gasteiger partial charge >= 0.3 is 0 Å². The van der Waals surface area contributed by atoms with Gasteiger partial charge < -0.3 is 20.4 Å². The number of nitrogens with one attached hydrogen (secondary N) is 1. The number of nitrogen functional groups attached to an aromatic ring is 1. The van der Waals surface area contributed by atoms with Crippen molar-refractivity contribution in [3.8, 4) is 11.1 Å². The Hall–Kier alpha value is -2.27. The first-order valence-corrected chi connectivity index (χ1v) is 7.85. The third kappa shape index (κ3) is 4.13. The molecule has 0 amide bonds. The molecular weight excluding hydrogens is 290 g/mol. The number of nitrogens with zero attached hydrogens (tertiary/aromatic N) is 1. The van der Waals surface area contributed by atoms with Crippen LogP contribution in [0.25, 0.3) is 11.1 Å². The minimum Gasteiger partial charge on any atom is -0.397 e. The number of ether oxygens (including phenoxy) is 1. The Morgan fingerprint density at radius 2 is 2.04 bits per heavy atom. The minimum absolute atomic E-state index is 0.0214. The predicted octanol–water partition coefficient (Wildman–Crippen LogP) is 2.78. The smallest absolute Gasteiger partial charge is 0.253 e. The molecule has 0 saturated heterocycles. The third-order valence-corrected chi connectivity index (χ3v) is 3.78. The lowest BCUT2D eigenvalue weighted by Crippen LogP contribution is -2.20. The SMILES string of the molecule is CCOC(C)CNc1cc(-c2cc(C)c(=O)n(C)c2)ccc1N. The van der Waals surface area contributed by atoms with Gasteiger partial charge in [-0.05, 0) is 50.1 Å². The Morgan fingerprint density at radius 1 is 1.30 bits per heavy atom. The first-order valence-electron chi connectivity index (χ1n) is 7.85. The van der Waals surface area contributed by atoms with E-state index >= 15 is 0 Å². The second kappa shape index (κ2) is 7.33. The van der Waals surface area contributed by atoms with Gasteiger partial charge in [0.15, 0.2) is 0 Å². The van der Waals surface area contributed by atoms with Crippen LogP contribution in [-0.4, -0.2) is 23.8 Å². The molecule has 0 radical (unpaired) electrons. The zero-order chi connectivity index (χ0) is 17.0. The van der Waals surface area contributed by atoms with Crippen molar-refractivity contribution in [3.63, 3.8) is 0 Å². The number of rotatable bonds is 6. The van der Waals surface area contributed by atoms with Gasteiger partial charge in [0.1, 0.15) is 0 Å². The summed E-state index contributed by atoms with van der Waals surface area (Å²) in [5.74, 6) is 0. The average molecular weight is 315 g/mol. The molecule has 23 heavy (non-hydrogen) atoms. The van der Waals surface area contributed by atoms with Crippen molar-refractivity contribution < 1.29 is 4.74 Å². The summed E-state index contributed by atoms with van der Waals surface area (Å²) in [6.45, 7) is 7.20. The van der Waals surface area contributed by atoms with Crippen LogP contribution < -0.4 is 16.6 Å². The summed E-state index contributed by atoms with van der Waals surface area (Å²) < 4.78 is 7.12. The molecule has 0 fully saturated rings. The van der Waals surface area contributed by atoms with Gasteiger partial charge in [-0.2, -0.15) is 0 Å². The van der Waals surface area contributed by atoms with E-state index in [1.165, 1.54) is 0 Å². The van der Waals surface area contributed by atoms with Crippen LogP contribution in [0.1, 0.15) is 19.4 Å². The molecule has 1 atom stereocenters. The van der Waals surface area contributed by atoms with Crippen LogP contribution in [0.2, 0.25) is 0 Å². The Morgan fingerprint density at radius 3 is 2.70 bits per heavy atom. The fraction of sp³-hybridized carbons (Fsp3) is 0.389. The van der Waals surface area contributed by atoms with Gasteiger partial charge in [-0.25, -0.2) is 0 Å². The highest BCUT2D eigenvalue weighted by Crippen LogP contribution is 2.27. The van der Waals surface area contributed by atoms with Crippen molar-refractivity contribution in [2.24, 2.45) is 7.05 Å². The van der Waals surface area contributed by atoms with Crippen molar-refractivity contribution in [3.05, 3.63) is 46.4 Å². The van der Waals surface area contributed by atoms with Gasteiger partial charge in [-0.1, -0.05) is 6.07 Å².